The molecule has 2 rings (SSSR count). The average Bonchev–Trinajstić information content (AvgIpc) is 2.15. The summed E-state index contributed by atoms with van der Waals surface area (Å²) in [5, 5.41) is -0.619. The molecule has 0 saturated carbocycles. The van der Waals surface area contributed by atoms with Gasteiger partial charge >= 0.3 is 0 Å². The normalized spacial score (nSPS) is 44.1. The monoisotopic (exact) mass is 254 g/mol. The fourth-order valence-electron chi connectivity index (χ4n) is 2.37. The van der Waals surface area contributed by atoms with Crippen molar-refractivity contribution in [2.75, 3.05) is 12.9 Å². The molecule has 5 nitrogen and oxygen atoms in total. The summed E-state index contributed by atoms with van der Waals surface area (Å²) in [5.41, 5.74) is 0. The zero-order chi connectivity index (χ0) is 11.5. The molecular formula is C8H14O5S2. The second-order valence-corrected chi connectivity index (χ2v) is 9.50. The highest BCUT2D eigenvalue weighted by Crippen LogP contribution is 2.49. The summed E-state index contributed by atoms with van der Waals surface area (Å²) in [6.07, 6.45) is 1.48. The van der Waals surface area contributed by atoms with Crippen molar-refractivity contribution in [1.82, 2.24) is 0 Å². The van der Waals surface area contributed by atoms with E-state index in [1.807, 2.05) is 0 Å². The molecule has 2 aliphatic rings. The first-order valence-electron chi connectivity index (χ1n) is 4.77. The van der Waals surface area contributed by atoms with Crippen LogP contribution in [0.5, 0.6) is 0 Å². The summed E-state index contributed by atoms with van der Waals surface area (Å²) in [7, 11) is -7.25. The maximum absolute atomic E-state index is 11.9. The van der Waals surface area contributed by atoms with Gasteiger partial charge in [-0.1, -0.05) is 0 Å². The molecule has 2 heterocycles. The van der Waals surface area contributed by atoms with E-state index in [-0.39, 0.29) is 0 Å². The van der Waals surface area contributed by atoms with Gasteiger partial charge in [-0.2, -0.15) is 0 Å². The second kappa shape index (κ2) is 2.95. The highest BCUT2D eigenvalue weighted by molar-refractivity contribution is 8.11. The molecular weight excluding hydrogens is 240 g/mol. The van der Waals surface area contributed by atoms with E-state index in [2.05, 4.69) is 0 Å². The topological polar surface area (TPSA) is 77.5 Å². The van der Waals surface area contributed by atoms with Gasteiger partial charge in [0.05, 0.1) is 5.25 Å². The first-order valence-corrected chi connectivity index (χ1v) is 8.21. The smallest absolute Gasteiger partial charge is 0.197 e. The second-order valence-electron chi connectivity index (χ2n) is 4.31. The lowest BCUT2D eigenvalue weighted by atomic mass is 10.0. The summed E-state index contributed by atoms with van der Waals surface area (Å²) in [6.45, 7) is 1.70. The van der Waals surface area contributed by atoms with E-state index in [1.54, 1.807) is 0 Å². The molecule has 7 heteroatoms. The molecule has 0 N–H and O–H groups in total. The van der Waals surface area contributed by atoms with Crippen molar-refractivity contribution in [2.24, 2.45) is 0 Å². The third-order valence-electron chi connectivity index (χ3n) is 3.48. The summed E-state index contributed by atoms with van der Waals surface area (Å²) in [4.78, 5) is 0. The average molecular weight is 254 g/mol. The zero-order valence-corrected chi connectivity index (χ0v) is 10.3. The Kier molecular flexibility index (Phi) is 2.23. The van der Waals surface area contributed by atoms with E-state index < -0.39 is 35.1 Å². The number of sulfone groups is 2. The Bertz CT molecular complexity index is 477. The van der Waals surface area contributed by atoms with E-state index in [4.69, 9.17) is 4.74 Å². The number of ether oxygens (including phenoxy) is 1. The van der Waals surface area contributed by atoms with E-state index in [0.717, 1.165) is 6.26 Å². The predicted molar refractivity (Wildman–Crippen MR) is 54.9 cm³/mol. The molecule has 0 radical (unpaired) electrons. The van der Waals surface area contributed by atoms with Gasteiger partial charge in [0, 0.05) is 12.9 Å². The number of hydrogen-bond donors (Lipinski definition) is 0. The van der Waals surface area contributed by atoms with E-state index >= 15 is 0 Å². The first kappa shape index (κ1) is 11.3. The van der Waals surface area contributed by atoms with Crippen LogP contribution in [0.4, 0.5) is 0 Å². The van der Waals surface area contributed by atoms with Crippen LogP contribution in [0.25, 0.3) is 0 Å². The Labute approximate surface area is 89.6 Å². The van der Waals surface area contributed by atoms with Crippen LogP contribution < -0.4 is 0 Å². The summed E-state index contributed by atoms with van der Waals surface area (Å²) in [5.74, 6) is 0. The van der Waals surface area contributed by atoms with Crippen LogP contribution in [-0.2, 0) is 24.4 Å². The van der Waals surface area contributed by atoms with Crippen LogP contribution in [0.15, 0.2) is 0 Å². The van der Waals surface area contributed by atoms with Crippen molar-refractivity contribution in [3.8, 4) is 0 Å². The van der Waals surface area contributed by atoms with Crippen molar-refractivity contribution in [2.45, 2.75) is 35.2 Å². The number of rotatable bonds is 1. The van der Waals surface area contributed by atoms with Crippen LogP contribution in [0.2, 0.25) is 0 Å². The van der Waals surface area contributed by atoms with Crippen molar-refractivity contribution < 1.29 is 21.6 Å². The molecule has 2 fully saturated rings. The van der Waals surface area contributed by atoms with Crippen LogP contribution in [0, 0.1) is 0 Å². The largest absolute Gasteiger partial charge is 0.374 e. The lowest BCUT2D eigenvalue weighted by Crippen LogP contribution is -2.73. The van der Waals surface area contributed by atoms with Gasteiger partial charge in [0.15, 0.2) is 23.8 Å². The third kappa shape index (κ3) is 1.17. The lowest BCUT2D eigenvalue weighted by Gasteiger charge is -2.52. The molecule has 15 heavy (non-hydrogen) atoms. The van der Waals surface area contributed by atoms with Crippen molar-refractivity contribution in [1.29, 1.82) is 0 Å². The molecule has 0 aromatic heterocycles. The molecule has 2 aliphatic heterocycles. The Morgan fingerprint density at radius 3 is 2.53 bits per heavy atom. The molecule has 0 aromatic carbocycles. The Morgan fingerprint density at radius 2 is 2.00 bits per heavy atom. The zero-order valence-electron chi connectivity index (χ0n) is 8.63. The van der Waals surface area contributed by atoms with Gasteiger partial charge < -0.3 is 4.74 Å². The molecule has 0 unspecified atom stereocenters. The Hall–Kier alpha value is -0.140. The molecule has 0 bridgehead atoms. The van der Waals surface area contributed by atoms with E-state index in [1.165, 1.54) is 6.92 Å². The Balaban J connectivity index is 2.51. The molecule has 88 valence electrons. The molecule has 0 amide bonds. The van der Waals surface area contributed by atoms with Gasteiger partial charge in [-0.3, -0.25) is 0 Å². The fourth-order valence-corrected chi connectivity index (χ4v) is 7.26. The summed E-state index contributed by atoms with van der Waals surface area (Å²) < 4.78 is 50.4. The van der Waals surface area contributed by atoms with Crippen LogP contribution in [-0.4, -0.2) is 45.1 Å². The quantitative estimate of drug-likeness (QED) is 0.643. The summed E-state index contributed by atoms with van der Waals surface area (Å²) in [6, 6.07) is 0. The van der Waals surface area contributed by atoms with Gasteiger partial charge in [0.2, 0.25) is 0 Å². The molecule has 3 atom stereocenters. The maximum atomic E-state index is 11.9. The van der Waals surface area contributed by atoms with Gasteiger partial charge in [-0.05, 0) is 19.8 Å². The van der Waals surface area contributed by atoms with Gasteiger partial charge in [-0.15, -0.1) is 0 Å². The summed E-state index contributed by atoms with van der Waals surface area (Å²) >= 11 is 0. The van der Waals surface area contributed by atoms with Gasteiger partial charge in [0.25, 0.3) is 0 Å². The lowest BCUT2D eigenvalue weighted by molar-refractivity contribution is -0.00533. The van der Waals surface area contributed by atoms with Crippen LogP contribution in [0.1, 0.15) is 19.8 Å². The highest BCUT2D eigenvalue weighted by Gasteiger charge is 2.71. The fraction of sp³-hybridized carbons (Fsp3) is 1.00. The third-order valence-corrected chi connectivity index (χ3v) is 9.44. The minimum absolute atomic E-state index is 0.446. The van der Waals surface area contributed by atoms with Crippen molar-refractivity contribution >= 4 is 19.7 Å². The maximum Gasteiger partial charge on any atom is 0.197 e. The minimum Gasteiger partial charge on any atom is -0.374 e. The molecule has 0 spiro atoms. The minimum atomic E-state index is -3.66. The molecule has 2 saturated heterocycles. The molecule has 0 aliphatic carbocycles. The van der Waals surface area contributed by atoms with Gasteiger partial charge in [0.1, 0.15) is 6.10 Å². The highest BCUT2D eigenvalue weighted by atomic mass is 32.3. The standard InChI is InChI=1S/C8H14O5S2/c1-8(14(2,9)10)7-6(15(8,11)12)4-3-5-13-7/h6-7H,3-5H2,1-2H3/t6-,7-,8+/m0/s1. The number of hydrogen-bond acceptors (Lipinski definition) is 5. The van der Waals surface area contributed by atoms with Crippen molar-refractivity contribution in [3.63, 3.8) is 0 Å². The Morgan fingerprint density at radius 1 is 1.40 bits per heavy atom. The number of fused-ring (bicyclic) bond motifs is 1. The first-order chi connectivity index (χ1) is 6.73. The van der Waals surface area contributed by atoms with E-state index in [9.17, 15) is 16.8 Å². The van der Waals surface area contributed by atoms with E-state index in [0.29, 0.717) is 19.4 Å². The molecule has 0 aromatic rings. The predicted octanol–water partition coefficient (Wildman–Crippen LogP) is -0.277. The van der Waals surface area contributed by atoms with Gasteiger partial charge in [-0.25, -0.2) is 16.8 Å². The van der Waals surface area contributed by atoms with Crippen LogP contribution in [0.3, 0.4) is 0 Å². The SMILES string of the molecule is C[C@]1(S(C)(=O)=O)[C@H]2OCCC[C@@H]2S1(=O)=O. The van der Waals surface area contributed by atoms with Crippen molar-refractivity contribution in [3.05, 3.63) is 0 Å². The van der Waals surface area contributed by atoms with Crippen LogP contribution >= 0.6 is 0 Å².